The van der Waals surface area contributed by atoms with Crippen molar-refractivity contribution >= 4 is 17.1 Å². The van der Waals surface area contributed by atoms with Gasteiger partial charge in [0.05, 0.1) is 4.90 Å². The predicted molar refractivity (Wildman–Crippen MR) is 67.0 cm³/mol. The van der Waals surface area contributed by atoms with Crippen molar-refractivity contribution in [2.24, 2.45) is 0 Å². The molecule has 1 aromatic carbocycles. The highest BCUT2D eigenvalue weighted by Gasteiger charge is 2.18. The van der Waals surface area contributed by atoms with E-state index in [0.29, 0.717) is 4.90 Å². The van der Waals surface area contributed by atoms with Gasteiger partial charge >= 0.3 is 6.09 Å². The van der Waals surface area contributed by atoms with Gasteiger partial charge in [-0.3, -0.25) is 0 Å². The Morgan fingerprint density at radius 2 is 1.76 bits per heavy atom. The number of nitrogens with one attached hydrogen (secondary N) is 1. The van der Waals surface area contributed by atoms with Gasteiger partial charge in [-0.2, -0.15) is 0 Å². The molecule has 4 nitrogen and oxygen atoms in total. The zero-order valence-corrected chi connectivity index (χ0v) is 11.3. The SMILES string of the molecule is Cc1ccc([S@](=O)NC(=O)OC(C)(C)C)cc1. The van der Waals surface area contributed by atoms with E-state index in [4.69, 9.17) is 4.74 Å². The van der Waals surface area contributed by atoms with E-state index in [9.17, 15) is 9.00 Å². The molecule has 5 heteroatoms. The van der Waals surface area contributed by atoms with Gasteiger partial charge in [-0.15, -0.1) is 0 Å². The quantitative estimate of drug-likeness (QED) is 0.883. The molecule has 0 heterocycles. The lowest BCUT2D eigenvalue weighted by molar-refractivity contribution is 0.0572. The molecule has 0 spiro atoms. The third kappa shape index (κ3) is 4.99. The summed E-state index contributed by atoms with van der Waals surface area (Å²) in [5, 5.41) is 0. The average Bonchev–Trinajstić information content (AvgIpc) is 2.15. The Balaban J connectivity index is 2.61. The molecule has 0 aromatic heterocycles. The Morgan fingerprint density at radius 3 is 2.24 bits per heavy atom. The van der Waals surface area contributed by atoms with Crippen LogP contribution in [0.15, 0.2) is 29.2 Å². The zero-order valence-electron chi connectivity index (χ0n) is 10.4. The Bertz CT molecular complexity index is 420. The lowest BCUT2D eigenvalue weighted by atomic mass is 10.2. The predicted octanol–water partition coefficient (Wildman–Crippen LogP) is 2.54. The minimum absolute atomic E-state index is 0.543. The van der Waals surface area contributed by atoms with E-state index in [1.165, 1.54) is 0 Å². The molecule has 0 saturated carbocycles. The van der Waals surface area contributed by atoms with Gasteiger partial charge in [-0.1, -0.05) is 17.7 Å². The van der Waals surface area contributed by atoms with Crippen LogP contribution >= 0.6 is 0 Å². The van der Waals surface area contributed by atoms with Crippen molar-refractivity contribution in [2.45, 2.75) is 38.2 Å². The molecule has 0 aliphatic carbocycles. The first-order valence-electron chi connectivity index (χ1n) is 5.26. The van der Waals surface area contributed by atoms with Crippen molar-refractivity contribution in [2.75, 3.05) is 0 Å². The third-order valence-corrected chi connectivity index (χ3v) is 2.86. The van der Waals surface area contributed by atoms with E-state index in [1.807, 2.05) is 19.1 Å². The molecule has 0 unspecified atom stereocenters. The lowest BCUT2D eigenvalue weighted by Crippen LogP contribution is -2.33. The molecule has 0 fully saturated rings. The van der Waals surface area contributed by atoms with Gasteiger partial charge in [0, 0.05) is 0 Å². The molecule has 1 amide bonds. The van der Waals surface area contributed by atoms with Crippen molar-refractivity contribution in [3.8, 4) is 0 Å². The van der Waals surface area contributed by atoms with Crippen LogP contribution in [0.4, 0.5) is 4.79 Å². The standard InChI is InChI=1S/C12H17NO3S/c1-9-5-7-10(8-6-9)17(15)13-11(14)16-12(2,3)4/h5-8H,1-4H3,(H,13,14)/t17-/m0/s1. The van der Waals surface area contributed by atoms with E-state index < -0.39 is 22.7 Å². The Morgan fingerprint density at radius 1 is 1.24 bits per heavy atom. The molecule has 0 radical (unpaired) electrons. The fraction of sp³-hybridized carbons (Fsp3) is 0.417. The Labute approximate surface area is 104 Å². The zero-order chi connectivity index (χ0) is 13.1. The maximum atomic E-state index is 11.8. The second kappa shape index (κ2) is 5.31. The van der Waals surface area contributed by atoms with Gasteiger partial charge in [0.15, 0.2) is 11.0 Å². The largest absolute Gasteiger partial charge is 0.443 e. The van der Waals surface area contributed by atoms with E-state index in [0.717, 1.165) is 5.56 Å². The molecule has 1 N–H and O–H groups in total. The van der Waals surface area contributed by atoms with Crippen LogP contribution in [0.3, 0.4) is 0 Å². The number of rotatable bonds is 2. The van der Waals surface area contributed by atoms with Crippen molar-refractivity contribution < 1.29 is 13.7 Å². The molecule has 1 aromatic rings. The highest BCUT2D eigenvalue weighted by atomic mass is 32.2. The summed E-state index contributed by atoms with van der Waals surface area (Å²) in [5.74, 6) is 0. The summed E-state index contributed by atoms with van der Waals surface area (Å²) in [4.78, 5) is 11.9. The topological polar surface area (TPSA) is 55.4 Å². The Hall–Kier alpha value is -1.36. The third-order valence-electron chi connectivity index (χ3n) is 1.81. The van der Waals surface area contributed by atoms with Crippen LogP contribution in [0.5, 0.6) is 0 Å². The van der Waals surface area contributed by atoms with E-state index in [-0.39, 0.29) is 0 Å². The van der Waals surface area contributed by atoms with Crippen molar-refractivity contribution in [3.05, 3.63) is 29.8 Å². The van der Waals surface area contributed by atoms with Crippen molar-refractivity contribution in [3.63, 3.8) is 0 Å². The van der Waals surface area contributed by atoms with Crippen LogP contribution in [0.1, 0.15) is 26.3 Å². The first-order valence-corrected chi connectivity index (χ1v) is 6.41. The number of hydrogen-bond acceptors (Lipinski definition) is 3. The number of ether oxygens (including phenoxy) is 1. The molecule has 0 aliphatic rings. The van der Waals surface area contributed by atoms with Gasteiger partial charge in [0.2, 0.25) is 0 Å². The van der Waals surface area contributed by atoms with Crippen molar-refractivity contribution in [1.29, 1.82) is 0 Å². The maximum Gasteiger partial charge on any atom is 0.419 e. The highest BCUT2D eigenvalue weighted by Crippen LogP contribution is 2.09. The molecule has 94 valence electrons. The summed E-state index contributed by atoms with van der Waals surface area (Å²) in [6, 6.07) is 7.10. The molecular weight excluding hydrogens is 238 g/mol. The maximum absolute atomic E-state index is 11.8. The number of hydrogen-bond donors (Lipinski definition) is 1. The van der Waals surface area contributed by atoms with E-state index in [2.05, 4.69) is 4.72 Å². The molecule has 0 saturated heterocycles. The van der Waals surface area contributed by atoms with Gasteiger partial charge in [0.25, 0.3) is 0 Å². The van der Waals surface area contributed by atoms with E-state index in [1.54, 1.807) is 32.9 Å². The molecule has 0 bridgehead atoms. The fourth-order valence-corrected chi connectivity index (χ4v) is 1.79. The Kier molecular flexibility index (Phi) is 4.28. The highest BCUT2D eigenvalue weighted by molar-refractivity contribution is 7.83. The number of aryl methyl sites for hydroxylation is 1. The summed E-state index contributed by atoms with van der Waals surface area (Å²) in [5.41, 5.74) is 0.477. The number of carbonyl (C=O) groups is 1. The molecular formula is C12H17NO3S. The average molecular weight is 255 g/mol. The van der Waals surface area contributed by atoms with Gasteiger partial charge in [-0.05, 0) is 39.8 Å². The molecule has 17 heavy (non-hydrogen) atoms. The second-order valence-electron chi connectivity index (χ2n) is 4.69. The van der Waals surface area contributed by atoms with Crippen LogP contribution in [0.2, 0.25) is 0 Å². The van der Waals surface area contributed by atoms with Gasteiger partial charge in [-0.25, -0.2) is 13.7 Å². The number of amides is 1. The second-order valence-corrected chi connectivity index (χ2v) is 5.90. The van der Waals surface area contributed by atoms with Crippen LogP contribution < -0.4 is 4.72 Å². The summed E-state index contributed by atoms with van der Waals surface area (Å²) in [6.45, 7) is 7.19. The number of benzene rings is 1. The van der Waals surface area contributed by atoms with Crippen LogP contribution in [0.25, 0.3) is 0 Å². The van der Waals surface area contributed by atoms with Gasteiger partial charge < -0.3 is 4.74 Å². The van der Waals surface area contributed by atoms with Crippen LogP contribution in [-0.2, 0) is 15.7 Å². The lowest BCUT2D eigenvalue weighted by Gasteiger charge is -2.19. The molecule has 1 rings (SSSR count). The monoisotopic (exact) mass is 255 g/mol. The first kappa shape index (κ1) is 13.7. The van der Waals surface area contributed by atoms with Crippen LogP contribution in [-0.4, -0.2) is 15.9 Å². The summed E-state index contributed by atoms with van der Waals surface area (Å²) >= 11 is 0. The van der Waals surface area contributed by atoms with Crippen LogP contribution in [0, 0.1) is 6.92 Å². The summed E-state index contributed by atoms with van der Waals surface area (Å²) < 4.78 is 19.0. The molecule has 0 aliphatic heterocycles. The first-order chi connectivity index (χ1) is 7.78. The van der Waals surface area contributed by atoms with E-state index >= 15 is 0 Å². The smallest absolute Gasteiger partial charge is 0.419 e. The normalized spacial score (nSPS) is 12.9. The minimum Gasteiger partial charge on any atom is -0.443 e. The van der Waals surface area contributed by atoms with Crippen molar-refractivity contribution in [1.82, 2.24) is 4.72 Å². The minimum atomic E-state index is -1.58. The molecule has 1 atom stereocenters. The number of carbonyl (C=O) groups excluding carboxylic acids is 1. The summed E-state index contributed by atoms with van der Waals surface area (Å²) in [6.07, 6.45) is -0.684. The fourth-order valence-electron chi connectivity index (χ4n) is 1.10. The van der Waals surface area contributed by atoms with Gasteiger partial charge in [0.1, 0.15) is 5.60 Å². The summed E-state index contributed by atoms with van der Waals surface area (Å²) in [7, 11) is -1.58.